The minimum absolute atomic E-state index is 0.187. The zero-order valence-electron chi connectivity index (χ0n) is 9.82. The van der Waals surface area contributed by atoms with E-state index in [4.69, 9.17) is 9.47 Å². The maximum atomic E-state index is 9.73. The van der Waals surface area contributed by atoms with Crippen LogP contribution in [0.4, 0.5) is 0 Å². The number of ether oxygens (including phenoxy) is 2. The highest BCUT2D eigenvalue weighted by molar-refractivity contribution is 4.66. The van der Waals surface area contributed by atoms with Crippen molar-refractivity contribution in [1.29, 1.82) is 0 Å². The fourth-order valence-electron chi connectivity index (χ4n) is 1.63. The molecule has 1 heterocycles. The molecule has 4 heteroatoms. The highest BCUT2D eigenvalue weighted by Gasteiger charge is 2.14. The number of hydrogen-bond acceptors (Lipinski definition) is 4. The molecular formula is C11H23NO3. The van der Waals surface area contributed by atoms with Gasteiger partial charge in [0.15, 0.2) is 0 Å². The Labute approximate surface area is 92.2 Å². The van der Waals surface area contributed by atoms with Crippen molar-refractivity contribution in [3.8, 4) is 0 Å². The summed E-state index contributed by atoms with van der Waals surface area (Å²) in [5.74, 6) is 0. The number of aliphatic hydroxyl groups is 1. The van der Waals surface area contributed by atoms with Gasteiger partial charge in [-0.05, 0) is 20.3 Å². The predicted molar refractivity (Wildman–Crippen MR) is 59.0 cm³/mol. The Morgan fingerprint density at radius 2 is 2.13 bits per heavy atom. The van der Waals surface area contributed by atoms with E-state index in [2.05, 4.69) is 4.90 Å². The normalized spacial score (nSPS) is 21.6. The monoisotopic (exact) mass is 217 g/mol. The van der Waals surface area contributed by atoms with Gasteiger partial charge in [0.2, 0.25) is 0 Å². The summed E-state index contributed by atoms with van der Waals surface area (Å²) < 4.78 is 10.7. The van der Waals surface area contributed by atoms with Gasteiger partial charge in [-0.3, -0.25) is 4.90 Å². The molecule has 0 aromatic rings. The summed E-state index contributed by atoms with van der Waals surface area (Å²) in [6.45, 7) is 8.62. The Balaban J connectivity index is 2.14. The maximum Gasteiger partial charge on any atom is 0.0900 e. The van der Waals surface area contributed by atoms with Gasteiger partial charge >= 0.3 is 0 Å². The standard InChI is InChI=1S/C11H23NO3/c1-10(2)15-9-11(13)8-12-4-3-6-14-7-5-12/h10-11,13H,3-9H2,1-2H3. The van der Waals surface area contributed by atoms with Crippen LogP contribution >= 0.6 is 0 Å². The van der Waals surface area contributed by atoms with Crippen LogP contribution in [0.1, 0.15) is 20.3 Å². The average molecular weight is 217 g/mol. The molecule has 1 saturated heterocycles. The van der Waals surface area contributed by atoms with Gasteiger partial charge in [-0.1, -0.05) is 0 Å². The van der Waals surface area contributed by atoms with Crippen LogP contribution in [0.3, 0.4) is 0 Å². The molecule has 0 aliphatic carbocycles. The molecule has 0 saturated carbocycles. The van der Waals surface area contributed by atoms with E-state index in [1.165, 1.54) is 0 Å². The quantitative estimate of drug-likeness (QED) is 0.728. The Hall–Kier alpha value is -0.160. The van der Waals surface area contributed by atoms with E-state index >= 15 is 0 Å². The number of aliphatic hydroxyl groups excluding tert-OH is 1. The molecule has 90 valence electrons. The topological polar surface area (TPSA) is 41.9 Å². The molecule has 1 fully saturated rings. The van der Waals surface area contributed by atoms with Gasteiger partial charge in [0.1, 0.15) is 0 Å². The van der Waals surface area contributed by atoms with Crippen LogP contribution < -0.4 is 0 Å². The molecule has 15 heavy (non-hydrogen) atoms. The molecular weight excluding hydrogens is 194 g/mol. The molecule has 1 aliphatic heterocycles. The lowest BCUT2D eigenvalue weighted by molar-refractivity contribution is -0.00857. The van der Waals surface area contributed by atoms with Crippen LogP contribution in [0.2, 0.25) is 0 Å². The van der Waals surface area contributed by atoms with E-state index in [0.717, 1.165) is 32.7 Å². The first-order valence-electron chi connectivity index (χ1n) is 5.78. The number of nitrogens with zero attached hydrogens (tertiary/aromatic N) is 1. The molecule has 0 spiro atoms. The van der Waals surface area contributed by atoms with Gasteiger partial charge in [-0.25, -0.2) is 0 Å². The molecule has 0 aromatic heterocycles. The number of β-amino-alcohol motifs (C(OH)–C–C–N with tert-alkyl or cyclic N) is 1. The fraction of sp³-hybridized carbons (Fsp3) is 1.00. The molecule has 0 radical (unpaired) electrons. The zero-order valence-corrected chi connectivity index (χ0v) is 9.82. The lowest BCUT2D eigenvalue weighted by Crippen LogP contribution is -2.36. The van der Waals surface area contributed by atoms with Gasteiger partial charge < -0.3 is 14.6 Å². The summed E-state index contributed by atoms with van der Waals surface area (Å²) in [5.41, 5.74) is 0. The Morgan fingerprint density at radius 3 is 2.87 bits per heavy atom. The Kier molecular flexibility index (Phi) is 6.17. The first kappa shape index (κ1) is 12.9. The summed E-state index contributed by atoms with van der Waals surface area (Å²) in [6, 6.07) is 0. The molecule has 1 aliphatic rings. The van der Waals surface area contributed by atoms with Crippen molar-refractivity contribution in [3.05, 3.63) is 0 Å². The van der Waals surface area contributed by atoms with E-state index < -0.39 is 0 Å². The SMILES string of the molecule is CC(C)OCC(O)CN1CCCOCC1. The molecule has 0 aromatic carbocycles. The van der Waals surface area contributed by atoms with Gasteiger partial charge in [-0.2, -0.15) is 0 Å². The average Bonchev–Trinajstić information content (AvgIpc) is 2.43. The van der Waals surface area contributed by atoms with E-state index in [1.54, 1.807) is 0 Å². The minimum atomic E-state index is -0.384. The van der Waals surface area contributed by atoms with Crippen molar-refractivity contribution in [2.75, 3.05) is 39.5 Å². The van der Waals surface area contributed by atoms with Gasteiger partial charge in [0.25, 0.3) is 0 Å². The van der Waals surface area contributed by atoms with Gasteiger partial charge in [0, 0.05) is 26.2 Å². The number of hydrogen-bond donors (Lipinski definition) is 1. The summed E-state index contributed by atoms with van der Waals surface area (Å²) in [7, 11) is 0. The van der Waals surface area contributed by atoms with Crippen LogP contribution in [-0.2, 0) is 9.47 Å². The summed E-state index contributed by atoms with van der Waals surface area (Å²) in [5, 5.41) is 9.73. The van der Waals surface area contributed by atoms with Crippen molar-refractivity contribution < 1.29 is 14.6 Å². The van der Waals surface area contributed by atoms with Crippen LogP contribution in [0.15, 0.2) is 0 Å². The van der Waals surface area contributed by atoms with Gasteiger partial charge in [-0.15, -0.1) is 0 Å². The Morgan fingerprint density at radius 1 is 1.33 bits per heavy atom. The minimum Gasteiger partial charge on any atom is -0.389 e. The lowest BCUT2D eigenvalue weighted by atomic mass is 10.3. The van der Waals surface area contributed by atoms with Crippen molar-refractivity contribution in [2.24, 2.45) is 0 Å². The fourth-order valence-corrected chi connectivity index (χ4v) is 1.63. The summed E-state index contributed by atoms with van der Waals surface area (Å²) >= 11 is 0. The smallest absolute Gasteiger partial charge is 0.0900 e. The van der Waals surface area contributed by atoms with Gasteiger partial charge in [0.05, 0.1) is 25.4 Å². The first-order valence-corrected chi connectivity index (χ1v) is 5.78. The molecule has 0 amide bonds. The second-order valence-electron chi connectivity index (χ2n) is 4.30. The van der Waals surface area contributed by atoms with Crippen LogP contribution in [0, 0.1) is 0 Å². The number of rotatable bonds is 5. The van der Waals surface area contributed by atoms with Crippen LogP contribution in [0.5, 0.6) is 0 Å². The van der Waals surface area contributed by atoms with E-state index in [-0.39, 0.29) is 12.2 Å². The van der Waals surface area contributed by atoms with Crippen molar-refractivity contribution in [3.63, 3.8) is 0 Å². The van der Waals surface area contributed by atoms with Crippen LogP contribution in [0.25, 0.3) is 0 Å². The van der Waals surface area contributed by atoms with E-state index in [0.29, 0.717) is 13.2 Å². The third-order valence-corrected chi connectivity index (χ3v) is 2.41. The highest BCUT2D eigenvalue weighted by Crippen LogP contribution is 2.01. The Bertz CT molecular complexity index is 156. The molecule has 1 rings (SSSR count). The lowest BCUT2D eigenvalue weighted by Gasteiger charge is -2.23. The molecule has 0 bridgehead atoms. The van der Waals surface area contributed by atoms with Crippen LogP contribution in [-0.4, -0.2) is 61.7 Å². The first-order chi connectivity index (χ1) is 7.18. The largest absolute Gasteiger partial charge is 0.389 e. The van der Waals surface area contributed by atoms with Crippen molar-refractivity contribution >= 4 is 0 Å². The molecule has 4 nitrogen and oxygen atoms in total. The molecule has 1 N–H and O–H groups in total. The van der Waals surface area contributed by atoms with Crippen molar-refractivity contribution in [2.45, 2.75) is 32.5 Å². The molecule has 1 atom stereocenters. The van der Waals surface area contributed by atoms with E-state index in [9.17, 15) is 5.11 Å². The molecule has 1 unspecified atom stereocenters. The van der Waals surface area contributed by atoms with Crippen molar-refractivity contribution in [1.82, 2.24) is 4.90 Å². The maximum absolute atomic E-state index is 9.73. The third kappa shape index (κ3) is 6.10. The zero-order chi connectivity index (χ0) is 11.1. The predicted octanol–water partition coefficient (Wildman–Crippen LogP) is 0.495. The summed E-state index contributed by atoms with van der Waals surface area (Å²) in [6.07, 6.45) is 0.857. The highest BCUT2D eigenvalue weighted by atomic mass is 16.5. The third-order valence-electron chi connectivity index (χ3n) is 2.41. The second kappa shape index (κ2) is 7.17. The summed E-state index contributed by atoms with van der Waals surface area (Å²) in [4.78, 5) is 2.24. The second-order valence-corrected chi connectivity index (χ2v) is 4.30. The van der Waals surface area contributed by atoms with E-state index in [1.807, 2.05) is 13.8 Å².